The summed E-state index contributed by atoms with van der Waals surface area (Å²) in [5, 5.41) is 11.6. The molecule has 1 aliphatic heterocycles. The maximum absolute atomic E-state index is 11.6. The lowest BCUT2D eigenvalue weighted by atomic mass is 9.84. The van der Waals surface area contributed by atoms with Crippen LogP contribution < -0.4 is 14.2 Å². The summed E-state index contributed by atoms with van der Waals surface area (Å²) >= 11 is 0. The van der Waals surface area contributed by atoms with Crippen LogP contribution in [0.5, 0.6) is 17.2 Å². The van der Waals surface area contributed by atoms with E-state index in [9.17, 15) is 10.1 Å². The fourth-order valence-electron chi connectivity index (χ4n) is 3.03. The van der Waals surface area contributed by atoms with Crippen LogP contribution in [-0.4, -0.2) is 18.3 Å². The Morgan fingerprint density at radius 2 is 1.80 bits per heavy atom. The van der Waals surface area contributed by atoms with Crippen LogP contribution in [0.25, 0.3) is 0 Å². The number of nitrogens with zero attached hydrogens (tertiary/aromatic N) is 1. The topological polar surface area (TPSA) is 70.8 Å². The van der Waals surface area contributed by atoms with Gasteiger partial charge >= 0.3 is 0 Å². The van der Waals surface area contributed by atoms with Crippen molar-refractivity contribution in [1.29, 1.82) is 0 Å². The summed E-state index contributed by atoms with van der Waals surface area (Å²) in [6.45, 7) is 4.46. The molecule has 1 unspecified atom stereocenters. The molecular weight excluding hydrogens is 322 g/mol. The van der Waals surface area contributed by atoms with Crippen molar-refractivity contribution >= 4 is 0 Å². The van der Waals surface area contributed by atoms with Gasteiger partial charge in [0.15, 0.2) is 11.5 Å². The van der Waals surface area contributed by atoms with Gasteiger partial charge in [-0.3, -0.25) is 10.1 Å². The quantitative estimate of drug-likeness (QED) is 0.429. The summed E-state index contributed by atoms with van der Waals surface area (Å²) in [7, 11) is 0. The molecule has 0 aliphatic carbocycles. The predicted octanol–water partition coefficient (Wildman–Crippen LogP) is 4.16. The van der Waals surface area contributed by atoms with Crippen molar-refractivity contribution in [2.45, 2.75) is 26.2 Å². The van der Waals surface area contributed by atoms with Gasteiger partial charge in [-0.2, -0.15) is 0 Å². The van der Waals surface area contributed by atoms with E-state index in [1.807, 2.05) is 43.3 Å². The second-order valence-electron chi connectivity index (χ2n) is 5.65. The SMILES string of the molecule is CCOc1ccc(C(c2ccc3c(c2)OCO3)[C-](CC)[N+](=O)[O-])cc1. The first-order valence-corrected chi connectivity index (χ1v) is 8.26. The highest BCUT2D eigenvalue weighted by Crippen LogP contribution is 2.41. The van der Waals surface area contributed by atoms with Crippen LogP contribution in [0.2, 0.25) is 0 Å². The molecule has 2 aromatic carbocycles. The van der Waals surface area contributed by atoms with Gasteiger partial charge in [-0.15, -0.1) is 11.3 Å². The molecule has 1 aliphatic rings. The van der Waals surface area contributed by atoms with Crippen molar-refractivity contribution in [3.8, 4) is 17.2 Å². The maximum atomic E-state index is 11.6. The smallest absolute Gasteiger partial charge is 0.231 e. The molecule has 6 nitrogen and oxygen atoms in total. The zero-order valence-corrected chi connectivity index (χ0v) is 14.2. The number of rotatable bonds is 7. The van der Waals surface area contributed by atoms with Crippen molar-refractivity contribution in [2.75, 3.05) is 13.4 Å². The van der Waals surface area contributed by atoms with Crippen molar-refractivity contribution < 1.29 is 19.1 Å². The van der Waals surface area contributed by atoms with E-state index in [-0.39, 0.29) is 17.8 Å². The molecular formula is C19H20NO5-. The van der Waals surface area contributed by atoms with E-state index >= 15 is 0 Å². The average molecular weight is 342 g/mol. The molecule has 0 radical (unpaired) electrons. The highest BCUT2D eigenvalue weighted by Gasteiger charge is 2.23. The first-order valence-electron chi connectivity index (χ1n) is 8.26. The van der Waals surface area contributed by atoms with E-state index < -0.39 is 5.92 Å². The van der Waals surface area contributed by atoms with Gasteiger partial charge in [0.25, 0.3) is 0 Å². The molecule has 0 N–H and O–H groups in total. The third kappa shape index (κ3) is 3.47. The van der Waals surface area contributed by atoms with E-state index in [1.165, 1.54) is 0 Å². The Morgan fingerprint density at radius 1 is 1.12 bits per heavy atom. The average Bonchev–Trinajstić information content (AvgIpc) is 3.08. The number of hydrogen-bond acceptors (Lipinski definition) is 5. The Bertz CT molecular complexity index is 744. The Morgan fingerprint density at radius 3 is 2.44 bits per heavy atom. The normalized spacial score (nSPS) is 13.4. The van der Waals surface area contributed by atoms with Gasteiger partial charge in [0.1, 0.15) is 5.75 Å². The summed E-state index contributed by atoms with van der Waals surface area (Å²) in [6, 6.07) is 13.1. The van der Waals surface area contributed by atoms with Crippen LogP contribution >= 0.6 is 0 Å². The lowest BCUT2D eigenvalue weighted by molar-refractivity contribution is -0.471. The van der Waals surface area contributed by atoms with E-state index in [4.69, 9.17) is 14.2 Å². The minimum atomic E-state index is -0.454. The van der Waals surface area contributed by atoms with Crippen LogP contribution in [0, 0.1) is 16.2 Å². The molecule has 6 heteroatoms. The Hall–Kier alpha value is -2.89. The van der Waals surface area contributed by atoms with Gasteiger partial charge in [0.2, 0.25) is 6.79 Å². The molecule has 132 valence electrons. The number of ether oxygens (including phenoxy) is 3. The molecule has 0 amide bonds. The van der Waals surface area contributed by atoms with Crippen LogP contribution in [0.4, 0.5) is 0 Å². The fourth-order valence-corrected chi connectivity index (χ4v) is 3.03. The second kappa shape index (κ2) is 7.34. The first kappa shape index (κ1) is 17.0. The summed E-state index contributed by atoms with van der Waals surface area (Å²) in [5.74, 6) is 1.57. The fraction of sp³-hybridized carbons (Fsp3) is 0.316. The van der Waals surface area contributed by atoms with Crippen LogP contribution in [-0.2, 0) is 0 Å². The minimum Gasteiger partial charge on any atom is -0.494 e. The molecule has 0 spiro atoms. The zero-order valence-electron chi connectivity index (χ0n) is 14.2. The van der Waals surface area contributed by atoms with Gasteiger partial charge in [-0.05, 0) is 43.1 Å². The largest absolute Gasteiger partial charge is 0.494 e. The third-order valence-corrected chi connectivity index (χ3v) is 4.18. The second-order valence-corrected chi connectivity index (χ2v) is 5.65. The highest BCUT2D eigenvalue weighted by atomic mass is 16.7. The molecule has 3 rings (SSSR count). The molecule has 0 saturated carbocycles. The number of hydrogen-bond donors (Lipinski definition) is 0. The summed E-state index contributed by atoms with van der Waals surface area (Å²) < 4.78 is 16.2. The lowest BCUT2D eigenvalue weighted by Gasteiger charge is -2.32. The van der Waals surface area contributed by atoms with Crippen molar-refractivity contribution in [3.63, 3.8) is 0 Å². The summed E-state index contributed by atoms with van der Waals surface area (Å²) in [6.07, 6.45) is 0.347. The van der Waals surface area contributed by atoms with Gasteiger partial charge in [0.05, 0.1) is 6.61 Å². The van der Waals surface area contributed by atoms with E-state index in [0.717, 1.165) is 16.9 Å². The van der Waals surface area contributed by atoms with Gasteiger partial charge in [-0.25, -0.2) is 0 Å². The van der Waals surface area contributed by atoms with Crippen LogP contribution in [0.1, 0.15) is 37.3 Å². The molecule has 0 aromatic heterocycles. The Balaban J connectivity index is 2.01. The molecule has 0 fully saturated rings. The van der Waals surface area contributed by atoms with Gasteiger partial charge in [-0.1, -0.05) is 36.2 Å². The number of fused-ring (bicyclic) bond motifs is 1. The van der Waals surface area contributed by atoms with E-state index in [1.54, 1.807) is 13.0 Å². The molecule has 0 bridgehead atoms. The highest BCUT2D eigenvalue weighted by molar-refractivity contribution is 5.49. The molecule has 25 heavy (non-hydrogen) atoms. The summed E-state index contributed by atoms with van der Waals surface area (Å²) in [5.41, 5.74) is 1.65. The molecule has 0 saturated heterocycles. The Labute approximate surface area is 146 Å². The van der Waals surface area contributed by atoms with E-state index in [0.29, 0.717) is 24.5 Å². The zero-order chi connectivity index (χ0) is 17.8. The number of nitro groups is 1. The van der Waals surface area contributed by atoms with Crippen LogP contribution in [0.3, 0.4) is 0 Å². The van der Waals surface area contributed by atoms with Crippen molar-refractivity contribution in [2.24, 2.45) is 0 Å². The molecule has 1 atom stereocenters. The monoisotopic (exact) mass is 342 g/mol. The first-order chi connectivity index (χ1) is 12.1. The Kier molecular flexibility index (Phi) is 4.97. The summed E-state index contributed by atoms with van der Waals surface area (Å²) in [4.78, 5) is 11.3. The third-order valence-electron chi connectivity index (χ3n) is 4.18. The van der Waals surface area contributed by atoms with Crippen molar-refractivity contribution in [1.82, 2.24) is 0 Å². The lowest BCUT2D eigenvalue weighted by Crippen LogP contribution is -2.19. The predicted molar refractivity (Wildman–Crippen MR) is 92.5 cm³/mol. The molecule has 2 aromatic rings. The molecule has 1 heterocycles. The number of benzene rings is 2. The standard InChI is InChI=1S/C19H20NO5/c1-3-16(20(21)22)19(13-5-8-15(9-6-13)23-4-2)14-7-10-17-18(11-14)25-12-24-17/h5-11,19H,3-4,12H2,1-2H3/q-1. The van der Waals surface area contributed by atoms with E-state index in [2.05, 4.69) is 0 Å². The van der Waals surface area contributed by atoms with Gasteiger partial charge < -0.3 is 14.2 Å². The minimum absolute atomic E-state index is 0.173. The van der Waals surface area contributed by atoms with Gasteiger partial charge in [0, 0.05) is 0 Å². The van der Waals surface area contributed by atoms with Crippen molar-refractivity contribution in [3.05, 3.63) is 69.7 Å². The maximum Gasteiger partial charge on any atom is 0.231 e. The van der Waals surface area contributed by atoms with Crippen LogP contribution in [0.15, 0.2) is 42.5 Å².